The third-order valence-electron chi connectivity index (χ3n) is 5.34. The standard InChI is InChI=1S/C24H27N5O3/c1-16(2)32-24(31)28-13-17(3)29(18(4)30)22-8-7-20(10-23(22)28)21-12-26-27(15-21)14-19-6-5-9-25-11-19/h5-12,15-17H,13-14H2,1-4H3. The van der Waals surface area contributed by atoms with Crippen molar-refractivity contribution in [1.82, 2.24) is 14.8 Å². The maximum Gasteiger partial charge on any atom is 0.414 e. The normalized spacial score (nSPS) is 15.6. The van der Waals surface area contributed by atoms with Gasteiger partial charge < -0.3 is 9.64 Å². The highest BCUT2D eigenvalue weighted by molar-refractivity contribution is 6.03. The fraction of sp³-hybridized carbons (Fsp3) is 0.333. The molecule has 3 heterocycles. The second kappa shape index (κ2) is 8.82. The molecule has 0 N–H and O–H groups in total. The Labute approximate surface area is 187 Å². The van der Waals surface area contributed by atoms with Gasteiger partial charge in [-0.2, -0.15) is 5.10 Å². The zero-order valence-electron chi connectivity index (χ0n) is 18.7. The third-order valence-corrected chi connectivity index (χ3v) is 5.34. The van der Waals surface area contributed by atoms with E-state index in [0.717, 1.165) is 16.7 Å². The molecule has 1 aliphatic rings. The van der Waals surface area contributed by atoms with E-state index in [2.05, 4.69) is 10.1 Å². The van der Waals surface area contributed by atoms with Gasteiger partial charge in [0.15, 0.2) is 0 Å². The van der Waals surface area contributed by atoms with E-state index >= 15 is 0 Å². The summed E-state index contributed by atoms with van der Waals surface area (Å²) in [4.78, 5) is 32.6. The molecule has 1 unspecified atom stereocenters. The van der Waals surface area contributed by atoms with Crippen LogP contribution in [0, 0.1) is 0 Å². The second-order valence-electron chi connectivity index (χ2n) is 8.27. The minimum absolute atomic E-state index is 0.0623. The van der Waals surface area contributed by atoms with Crippen molar-refractivity contribution in [3.05, 3.63) is 60.7 Å². The van der Waals surface area contributed by atoms with Crippen molar-refractivity contribution in [2.24, 2.45) is 0 Å². The van der Waals surface area contributed by atoms with Crippen LogP contribution in [0.1, 0.15) is 33.3 Å². The topological polar surface area (TPSA) is 80.6 Å². The van der Waals surface area contributed by atoms with Crippen LogP contribution in [0.25, 0.3) is 11.1 Å². The number of amides is 2. The van der Waals surface area contributed by atoms with Gasteiger partial charge in [0.05, 0.1) is 36.3 Å². The van der Waals surface area contributed by atoms with Crippen LogP contribution < -0.4 is 9.80 Å². The van der Waals surface area contributed by atoms with Gasteiger partial charge in [0.25, 0.3) is 0 Å². The number of carbonyl (C=O) groups excluding carboxylic acids is 2. The summed E-state index contributed by atoms with van der Waals surface area (Å²) in [5, 5.41) is 4.47. The van der Waals surface area contributed by atoms with Gasteiger partial charge in [0.1, 0.15) is 0 Å². The predicted molar refractivity (Wildman–Crippen MR) is 123 cm³/mol. The van der Waals surface area contributed by atoms with Crippen molar-refractivity contribution in [1.29, 1.82) is 0 Å². The number of ether oxygens (including phenoxy) is 1. The number of anilines is 2. The average molecular weight is 434 g/mol. The number of pyridine rings is 1. The van der Waals surface area contributed by atoms with Gasteiger partial charge in [0, 0.05) is 37.6 Å². The Kier molecular flexibility index (Phi) is 5.94. The van der Waals surface area contributed by atoms with Crippen LogP contribution in [0.3, 0.4) is 0 Å². The predicted octanol–water partition coefficient (Wildman–Crippen LogP) is 4.10. The fourth-order valence-electron chi connectivity index (χ4n) is 4.00. The van der Waals surface area contributed by atoms with Gasteiger partial charge >= 0.3 is 6.09 Å². The van der Waals surface area contributed by atoms with E-state index in [1.165, 1.54) is 0 Å². The molecule has 0 aliphatic carbocycles. The first-order valence-corrected chi connectivity index (χ1v) is 10.7. The van der Waals surface area contributed by atoms with Crippen LogP contribution in [0.15, 0.2) is 55.1 Å². The van der Waals surface area contributed by atoms with Crippen LogP contribution >= 0.6 is 0 Å². The summed E-state index contributed by atoms with van der Waals surface area (Å²) in [7, 11) is 0. The van der Waals surface area contributed by atoms with Crippen molar-refractivity contribution in [2.75, 3.05) is 16.3 Å². The van der Waals surface area contributed by atoms with Crippen molar-refractivity contribution in [3.8, 4) is 11.1 Å². The monoisotopic (exact) mass is 433 g/mol. The molecule has 0 bridgehead atoms. The Morgan fingerprint density at radius 1 is 1.16 bits per heavy atom. The molecule has 8 nitrogen and oxygen atoms in total. The van der Waals surface area contributed by atoms with Gasteiger partial charge in [0.2, 0.25) is 5.91 Å². The summed E-state index contributed by atoms with van der Waals surface area (Å²) in [6.45, 7) is 8.08. The van der Waals surface area contributed by atoms with Gasteiger partial charge in [-0.25, -0.2) is 4.79 Å². The SMILES string of the molecule is CC(=O)N1c2ccc(-c3cnn(Cc4cccnc4)c3)cc2N(C(=O)OC(C)C)CC1C. The molecule has 2 amide bonds. The number of hydrogen-bond donors (Lipinski definition) is 0. The fourth-order valence-corrected chi connectivity index (χ4v) is 4.00. The summed E-state index contributed by atoms with van der Waals surface area (Å²) in [6, 6.07) is 9.50. The zero-order chi connectivity index (χ0) is 22.8. The molecule has 0 saturated carbocycles. The van der Waals surface area contributed by atoms with Crippen molar-refractivity contribution < 1.29 is 14.3 Å². The molecular weight excluding hydrogens is 406 g/mol. The lowest BCUT2D eigenvalue weighted by Crippen LogP contribution is -2.51. The van der Waals surface area contributed by atoms with Crippen molar-refractivity contribution >= 4 is 23.4 Å². The molecule has 2 aromatic heterocycles. The van der Waals surface area contributed by atoms with E-state index in [1.807, 2.05) is 68.2 Å². The molecule has 0 fully saturated rings. The molecule has 0 spiro atoms. The second-order valence-corrected chi connectivity index (χ2v) is 8.27. The molecule has 32 heavy (non-hydrogen) atoms. The first-order valence-electron chi connectivity index (χ1n) is 10.7. The van der Waals surface area contributed by atoms with Crippen LogP contribution in [-0.4, -0.2) is 45.5 Å². The number of hydrogen-bond acceptors (Lipinski definition) is 5. The molecule has 4 rings (SSSR count). The van der Waals surface area contributed by atoms with Crippen molar-refractivity contribution in [2.45, 2.75) is 46.4 Å². The third kappa shape index (κ3) is 4.34. The van der Waals surface area contributed by atoms with Crippen LogP contribution in [-0.2, 0) is 16.1 Å². The quantitative estimate of drug-likeness (QED) is 0.619. The first kappa shape index (κ1) is 21.5. The number of nitrogens with zero attached hydrogens (tertiary/aromatic N) is 5. The van der Waals surface area contributed by atoms with Gasteiger partial charge in [-0.1, -0.05) is 12.1 Å². The highest BCUT2D eigenvalue weighted by Crippen LogP contribution is 2.39. The zero-order valence-corrected chi connectivity index (χ0v) is 18.7. The number of carbonyl (C=O) groups is 2. The van der Waals surface area contributed by atoms with E-state index in [9.17, 15) is 9.59 Å². The Morgan fingerprint density at radius 3 is 2.66 bits per heavy atom. The van der Waals surface area contributed by atoms with E-state index < -0.39 is 6.09 Å². The average Bonchev–Trinajstić information content (AvgIpc) is 3.21. The molecule has 1 aromatic carbocycles. The largest absolute Gasteiger partial charge is 0.446 e. The molecule has 0 radical (unpaired) electrons. The molecule has 8 heteroatoms. The molecule has 166 valence electrons. The molecule has 1 aliphatic heterocycles. The Morgan fingerprint density at radius 2 is 1.97 bits per heavy atom. The highest BCUT2D eigenvalue weighted by atomic mass is 16.6. The lowest BCUT2D eigenvalue weighted by molar-refractivity contribution is -0.117. The molecule has 1 atom stereocenters. The van der Waals surface area contributed by atoms with E-state index in [-0.39, 0.29) is 18.1 Å². The number of fused-ring (bicyclic) bond motifs is 1. The smallest absolute Gasteiger partial charge is 0.414 e. The maximum absolute atomic E-state index is 12.8. The summed E-state index contributed by atoms with van der Waals surface area (Å²) < 4.78 is 7.32. The van der Waals surface area contributed by atoms with Crippen LogP contribution in [0.2, 0.25) is 0 Å². The lowest BCUT2D eigenvalue weighted by atomic mass is 10.0. The Bertz CT molecular complexity index is 1130. The minimum atomic E-state index is -0.416. The molecule has 3 aromatic rings. The van der Waals surface area contributed by atoms with E-state index in [4.69, 9.17) is 4.74 Å². The minimum Gasteiger partial charge on any atom is -0.446 e. The van der Waals surface area contributed by atoms with E-state index in [1.54, 1.807) is 29.1 Å². The molecule has 0 saturated heterocycles. The first-order chi connectivity index (χ1) is 15.3. The Hall–Kier alpha value is -3.68. The van der Waals surface area contributed by atoms with Gasteiger partial charge in [-0.3, -0.25) is 19.4 Å². The Balaban J connectivity index is 1.69. The summed E-state index contributed by atoms with van der Waals surface area (Å²) in [5.41, 5.74) is 4.23. The maximum atomic E-state index is 12.8. The van der Waals surface area contributed by atoms with E-state index in [0.29, 0.717) is 24.5 Å². The van der Waals surface area contributed by atoms with Gasteiger partial charge in [-0.15, -0.1) is 0 Å². The lowest BCUT2D eigenvalue weighted by Gasteiger charge is -2.40. The van der Waals surface area contributed by atoms with Crippen molar-refractivity contribution in [3.63, 3.8) is 0 Å². The number of benzene rings is 1. The summed E-state index contributed by atoms with van der Waals surface area (Å²) in [5.74, 6) is -0.0623. The summed E-state index contributed by atoms with van der Waals surface area (Å²) in [6.07, 6.45) is 6.66. The van der Waals surface area contributed by atoms with Crippen LogP contribution in [0.5, 0.6) is 0 Å². The molecular formula is C24H27N5O3. The number of aromatic nitrogens is 3. The summed E-state index contributed by atoms with van der Waals surface area (Å²) >= 11 is 0. The number of rotatable bonds is 4. The highest BCUT2D eigenvalue weighted by Gasteiger charge is 2.34. The van der Waals surface area contributed by atoms with Crippen LogP contribution in [0.4, 0.5) is 16.2 Å². The van der Waals surface area contributed by atoms with Gasteiger partial charge in [-0.05, 0) is 50.1 Å².